The Morgan fingerprint density at radius 2 is 0.947 bits per heavy atom. The topological polar surface area (TPSA) is 183 Å². The van der Waals surface area contributed by atoms with Crippen LogP contribution in [0.1, 0.15) is 46.4 Å². The van der Waals surface area contributed by atoms with Crippen LogP contribution < -0.4 is 0 Å². The van der Waals surface area contributed by atoms with Crippen molar-refractivity contribution in [3.05, 3.63) is 94.1 Å². The van der Waals surface area contributed by atoms with Gasteiger partial charge in [0.25, 0.3) is 0 Å². The van der Waals surface area contributed by atoms with Gasteiger partial charge < -0.3 is 20.4 Å². The maximum Gasteiger partial charge on any atom is 0.336 e. The summed E-state index contributed by atoms with van der Waals surface area (Å²) in [5.41, 5.74) is 1.05. The lowest BCUT2D eigenvalue weighted by atomic mass is 9.88. The molecule has 4 N–H and O–H groups in total. The molecule has 10 nitrogen and oxygen atoms in total. The van der Waals surface area contributed by atoms with Crippen molar-refractivity contribution < 1.29 is 49.2 Å². The van der Waals surface area contributed by atoms with Gasteiger partial charge in [-0.1, -0.05) is 36.4 Å². The molecule has 0 amide bonds. The Hall–Kier alpha value is -5.12. The summed E-state index contributed by atoms with van der Waals surface area (Å²) in [4.78, 5) is 67.1. The Labute approximate surface area is 215 Å². The average molecular weight is 518 g/mol. The molecular weight excluding hydrogens is 496 g/mol. The van der Waals surface area contributed by atoms with Gasteiger partial charge >= 0.3 is 23.9 Å². The van der Waals surface area contributed by atoms with Crippen LogP contribution in [0.5, 0.6) is 0 Å². The van der Waals surface area contributed by atoms with Crippen LogP contribution in [-0.2, 0) is 19.2 Å². The number of rotatable bonds is 7. The lowest BCUT2D eigenvalue weighted by Gasteiger charge is -2.16. The molecule has 0 aromatic heterocycles. The molecule has 0 saturated carbocycles. The molecule has 2 aromatic rings. The summed E-state index contributed by atoms with van der Waals surface area (Å²) in [5.74, 6) is -4.76. The van der Waals surface area contributed by atoms with Gasteiger partial charge in [-0.25, -0.2) is 19.2 Å². The average Bonchev–Trinajstić information content (AvgIpc) is 2.86. The van der Waals surface area contributed by atoms with E-state index in [2.05, 4.69) is 0 Å². The number of carboxylic acids is 4. The fourth-order valence-corrected chi connectivity index (χ4v) is 4.14. The first-order valence-electron chi connectivity index (χ1n) is 11.3. The highest BCUT2D eigenvalue weighted by molar-refractivity contribution is 6.10. The van der Waals surface area contributed by atoms with Crippen LogP contribution in [0.3, 0.4) is 0 Å². The molecule has 0 atom stereocenters. The van der Waals surface area contributed by atoms with Crippen LogP contribution in [0.4, 0.5) is 0 Å². The number of benzene rings is 2. The normalized spacial score (nSPS) is 14.8. The highest BCUT2D eigenvalue weighted by Crippen LogP contribution is 2.28. The van der Waals surface area contributed by atoms with Gasteiger partial charge in [-0.3, -0.25) is 9.59 Å². The molecular formula is C28H22O10. The van der Waals surface area contributed by atoms with E-state index in [1.54, 1.807) is 12.1 Å². The Morgan fingerprint density at radius 3 is 1.26 bits per heavy atom. The molecule has 0 heterocycles. The predicted octanol–water partition coefficient (Wildman–Crippen LogP) is 3.82. The summed E-state index contributed by atoms with van der Waals surface area (Å²) in [7, 11) is 0. The molecule has 0 spiro atoms. The van der Waals surface area contributed by atoms with Crippen molar-refractivity contribution in [2.45, 2.75) is 25.7 Å². The summed E-state index contributed by atoms with van der Waals surface area (Å²) in [6, 6.07) is 9.19. The quantitative estimate of drug-likeness (QED) is 0.420. The number of ketones is 2. The zero-order valence-corrected chi connectivity index (χ0v) is 19.8. The molecule has 0 saturated heterocycles. The van der Waals surface area contributed by atoms with E-state index in [9.17, 15) is 28.8 Å². The molecule has 0 aliphatic heterocycles. The Bertz CT molecular complexity index is 1390. The second-order valence-electron chi connectivity index (χ2n) is 8.34. The zero-order valence-electron chi connectivity index (χ0n) is 19.8. The van der Waals surface area contributed by atoms with Gasteiger partial charge in [0.05, 0.1) is 22.3 Å². The fourth-order valence-electron chi connectivity index (χ4n) is 4.14. The van der Waals surface area contributed by atoms with E-state index in [1.165, 1.54) is 48.6 Å². The summed E-state index contributed by atoms with van der Waals surface area (Å²) < 4.78 is 0. The van der Waals surface area contributed by atoms with Crippen molar-refractivity contribution in [2.75, 3.05) is 0 Å². The van der Waals surface area contributed by atoms with E-state index in [0.29, 0.717) is 21.9 Å². The number of fused-ring (bicyclic) bond motifs is 1. The van der Waals surface area contributed by atoms with Crippen LogP contribution >= 0.6 is 0 Å². The number of allylic oxidation sites excluding steroid dienone is 4. The summed E-state index contributed by atoms with van der Waals surface area (Å²) in [5, 5.41) is 37.0. The van der Waals surface area contributed by atoms with Crippen molar-refractivity contribution in [3.8, 4) is 0 Å². The van der Waals surface area contributed by atoms with Gasteiger partial charge in [-0.05, 0) is 59.0 Å². The maximum atomic E-state index is 11.4. The van der Waals surface area contributed by atoms with Crippen LogP contribution in [0.25, 0.3) is 10.8 Å². The zero-order chi connectivity index (χ0) is 28.0. The largest absolute Gasteiger partial charge is 0.478 e. The van der Waals surface area contributed by atoms with E-state index >= 15 is 0 Å². The molecule has 0 unspecified atom stereocenters. The van der Waals surface area contributed by atoms with E-state index in [-0.39, 0.29) is 59.5 Å². The van der Waals surface area contributed by atoms with Gasteiger partial charge in [-0.15, -0.1) is 0 Å². The molecule has 0 bridgehead atoms. The molecule has 2 aliphatic carbocycles. The van der Waals surface area contributed by atoms with Crippen molar-refractivity contribution >= 4 is 46.2 Å². The van der Waals surface area contributed by atoms with E-state index in [0.717, 1.165) is 0 Å². The van der Waals surface area contributed by atoms with Crippen LogP contribution in [0.2, 0.25) is 0 Å². The van der Waals surface area contributed by atoms with Gasteiger partial charge in [-0.2, -0.15) is 0 Å². The molecule has 194 valence electrons. The van der Waals surface area contributed by atoms with E-state index in [1.807, 2.05) is 0 Å². The van der Waals surface area contributed by atoms with Crippen molar-refractivity contribution in [1.82, 2.24) is 0 Å². The number of aromatic carboxylic acids is 2. The number of carbonyl (C=O) groups excluding carboxylic acids is 2. The predicted molar refractivity (Wildman–Crippen MR) is 134 cm³/mol. The number of carbonyl (C=O) groups is 6. The van der Waals surface area contributed by atoms with Crippen LogP contribution in [-0.4, -0.2) is 55.9 Å². The first kappa shape index (κ1) is 27.5. The molecule has 2 aromatic carbocycles. The minimum atomic E-state index is -1.12. The summed E-state index contributed by atoms with van der Waals surface area (Å²) in [6.07, 6.45) is 5.74. The second kappa shape index (κ2) is 11.7. The number of hydrogen-bond acceptors (Lipinski definition) is 6. The van der Waals surface area contributed by atoms with Crippen LogP contribution in [0.15, 0.2) is 83.0 Å². The molecule has 0 radical (unpaired) electrons. The minimum Gasteiger partial charge on any atom is -0.478 e. The van der Waals surface area contributed by atoms with Crippen LogP contribution in [0, 0.1) is 0 Å². The third-order valence-corrected chi connectivity index (χ3v) is 5.88. The fraction of sp³-hybridized carbons (Fsp3) is 0.143. The maximum absolute atomic E-state index is 11.4. The number of hydrogen-bond donors (Lipinski definition) is 4. The van der Waals surface area contributed by atoms with Gasteiger partial charge in [0, 0.05) is 12.8 Å². The number of carboxylic acid groups (broad SMARTS) is 4. The van der Waals surface area contributed by atoms with Crippen molar-refractivity contribution in [2.24, 2.45) is 0 Å². The number of aliphatic carboxylic acids is 2. The highest BCUT2D eigenvalue weighted by atomic mass is 16.4. The first-order valence-corrected chi connectivity index (χ1v) is 11.3. The van der Waals surface area contributed by atoms with E-state index < -0.39 is 23.9 Å². The van der Waals surface area contributed by atoms with Gasteiger partial charge in [0.2, 0.25) is 0 Å². The molecule has 2 aliphatic rings. The molecule has 38 heavy (non-hydrogen) atoms. The summed E-state index contributed by atoms with van der Waals surface area (Å²) in [6.45, 7) is 0. The van der Waals surface area contributed by atoms with Crippen molar-refractivity contribution in [3.63, 3.8) is 0 Å². The second-order valence-corrected chi connectivity index (χ2v) is 8.34. The molecule has 0 fully saturated rings. The SMILES string of the molecule is O=C(O)c1cccc2c(C(=O)O)cccc12.O=C1C=C(CCC2=CC(=O)CC=C2C(=O)O)C(C(=O)O)=CC1. The minimum absolute atomic E-state index is 0.0482. The first-order chi connectivity index (χ1) is 18.0. The standard InChI is InChI=1S/C16H14O6.C12H8O4/c17-11-3-5-13(15(19)20)9(7-11)1-2-10-8-12(18)4-6-14(10)16(21)22;13-11(14)9-5-1-3-7-8(9)4-2-6-10(7)12(15)16/h5-8H,1-4H2,(H,19,20)(H,21,22);1-6H,(H,13,14)(H,15,16). The third kappa shape index (κ3) is 6.35. The molecule has 10 heteroatoms. The van der Waals surface area contributed by atoms with Crippen molar-refractivity contribution in [1.29, 1.82) is 0 Å². The monoisotopic (exact) mass is 518 g/mol. The molecule has 4 rings (SSSR count). The highest BCUT2D eigenvalue weighted by Gasteiger charge is 2.22. The lowest BCUT2D eigenvalue weighted by Crippen LogP contribution is -2.13. The van der Waals surface area contributed by atoms with E-state index in [4.69, 9.17) is 20.4 Å². The Kier molecular flexibility index (Phi) is 8.49. The smallest absolute Gasteiger partial charge is 0.336 e. The lowest BCUT2D eigenvalue weighted by molar-refractivity contribution is -0.133. The van der Waals surface area contributed by atoms with Gasteiger partial charge in [0.1, 0.15) is 0 Å². The third-order valence-electron chi connectivity index (χ3n) is 5.88. The summed E-state index contributed by atoms with van der Waals surface area (Å²) >= 11 is 0. The Balaban J connectivity index is 0.000000221. The Morgan fingerprint density at radius 1 is 0.579 bits per heavy atom. The van der Waals surface area contributed by atoms with Gasteiger partial charge in [0.15, 0.2) is 11.6 Å².